The van der Waals surface area contributed by atoms with Gasteiger partial charge in [-0.1, -0.05) is 47.5 Å². The van der Waals surface area contributed by atoms with Crippen LogP contribution in [0.3, 0.4) is 0 Å². The first-order chi connectivity index (χ1) is 18.2. The summed E-state index contributed by atoms with van der Waals surface area (Å²) < 4.78 is 47.2. The summed E-state index contributed by atoms with van der Waals surface area (Å²) in [5.74, 6) is -0.559. The number of benzene rings is 3. The highest BCUT2D eigenvalue weighted by Crippen LogP contribution is 2.28. The summed E-state index contributed by atoms with van der Waals surface area (Å²) in [7, 11) is 0. The summed E-state index contributed by atoms with van der Waals surface area (Å²) in [6, 6.07) is 20.2. The summed E-state index contributed by atoms with van der Waals surface area (Å²) in [5.41, 5.74) is 2.33. The molecular weight excluding hydrogens is 540 g/mol. The monoisotopic (exact) mass is 566 g/mol. The molecule has 0 saturated carbocycles. The summed E-state index contributed by atoms with van der Waals surface area (Å²) in [6.45, 7) is 3.86. The lowest BCUT2D eigenvalue weighted by atomic mass is 10.0. The average Bonchev–Trinajstić information content (AvgIpc) is 2.90. The highest BCUT2D eigenvalue weighted by Gasteiger charge is 2.31. The Morgan fingerprint density at radius 2 is 1.34 bits per heavy atom. The number of nitrogens with zero attached hydrogens (tertiary/aromatic N) is 2. The van der Waals surface area contributed by atoms with Crippen LogP contribution in [0.2, 0.25) is 10.0 Å². The third kappa shape index (κ3) is 8.11. The van der Waals surface area contributed by atoms with Crippen LogP contribution in [0.4, 0.5) is 13.2 Å². The van der Waals surface area contributed by atoms with Gasteiger partial charge < -0.3 is 14.4 Å². The van der Waals surface area contributed by atoms with Gasteiger partial charge in [0.1, 0.15) is 11.9 Å². The van der Waals surface area contributed by atoms with Gasteiger partial charge in [-0.2, -0.15) is 0 Å². The van der Waals surface area contributed by atoms with Gasteiger partial charge in [0.25, 0.3) is 5.91 Å². The van der Waals surface area contributed by atoms with Crippen molar-refractivity contribution in [1.29, 1.82) is 0 Å². The molecule has 38 heavy (non-hydrogen) atoms. The van der Waals surface area contributed by atoms with Crippen LogP contribution in [0.5, 0.6) is 5.75 Å². The third-order valence-corrected chi connectivity index (χ3v) is 6.75. The molecule has 0 bridgehead atoms. The summed E-state index contributed by atoms with van der Waals surface area (Å²) in [6.07, 6.45) is -4.20. The molecule has 1 saturated heterocycles. The lowest BCUT2D eigenvalue weighted by Gasteiger charge is -2.35. The van der Waals surface area contributed by atoms with E-state index in [4.69, 9.17) is 27.9 Å². The lowest BCUT2D eigenvalue weighted by molar-refractivity contribution is -0.274. The highest BCUT2D eigenvalue weighted by molar-refractivity contribution is 6.30. The minimum Gasteiger partial charge on any atom is -0.406 e. The normalized spacial score (nSPS) is 14.6. The molecule has 0 radical (unpaired) electrons. The topological polar surface area (TPSA) is 42.0 Å². The Morgan fingerprint density at radius 3 is 1.84 bits per heavy atom. The zero-order chi connectivity index (χ0) is 27.1. The first-order valence-electron chi connectivity index (χ1n) is 12.2. The van der Waals surface area contributed by atoms with Crippen LogP contribution in [0, 0.1) is 0 Å². The highest BCUT2D eigenvalue weighted by atomic mass is 35.5. The van der Waals surface area contributed by atoms with Gasteiger partial charge in [-0.05, 0) is 66.1 Å². The Balaban J connectivity index is 1.24. The molecule has 0 N–H and O–H groups in total. The van der Waals surface area contributed by atoms with Crippen molar-refractivity contribution >= 4 is 29.1 Å². The maximum Gasteiger partial charge on any atom is 0.573 e. The molecule has 202 valence electrons. The average molecular weight is 567 g/mol. The molecule has 4 rings (SSSR count). The number of halogens is 5. The molecule has 10 heteroatoms. The first kappa shape index (κ1) is 28.2. The molecule has 1 aliphatic rings. The molecule has 5 nitrogen and oxygen atoms in total. The molecule has 0 atom stereocenters. The smallest absolute Gasteiger partial charge is 0.406 e. The number of piperazine rings is 1. The molecule has 1 heterocycles. The largest absolute Gasteiger partial charge is 0.573 e. The maximum absolute atomic E-state index is 12.8. The number of hydrogen-bond acceptors (Lipinski definition) is 4. The van der Waals surface area contributed by atoms with E-state index in [1.807, 2.05) is 48.5 Å². The quantitative estimate of drug-likeness (QED) is 0.266. The number of rotatable bonds is 9. The number of hydrogen-bond donors (Lipinski definition) is 0. The summed E-state index contributed by atoms with van der Waals surface area (Å²) in [5, 5.41) is 1.32. The third-order valence-electron chi connectivity index (χ3n) is 6.24. The second-order valence-corrected chi connectivity index (χ2v) is 9.79. The van der Waals surface area contributed by atoms with E-state index in [0.717, 1.165) is 36.2 Å². The van der Waals surface area contributed by atoms with E-state index in [0.29, 0.717) is 48.4 Å². The number of alkyl halides is 3. The van der Waals surface area contributed by atoms with E-state index < -0.39 is 6.36 Å². The standard InChI is InChI=1S/C28H27Cl2F3N2O3/c29-23-8-2-20(3-9-23)26(21-4-10-24(30)11-5-21)37-19-1-14-34-15-17-35(18-16-34)27(36)22-6-12-25(13-7-22)38-28(31,32)33/h2-13,26H,1,14-19H2. The Labute approximate surface area is 229 Å². The second-order valence-electron chi connectivity index (χ2n) is 8.91. The Morgan fingerprint density at radius 1 is 0.816 bits per heavy atom. The van der Waals surface area contributed by atoms with Crippen LogP contribution in [0.15, 0.2) is 72.8 Å². The molecule has 1 amide bonds. The van der Waals surface area contributed by atoms with Gasteiger partial charge in [0.05, 0.1) is 0 Å². The van der Waals surface area contributed by atoms with Gasteiger partial charge in [-0.15, -0.1) is 13.2 Å². The molecular formula is C28H27Cl2F3N2O3. The predicted octanol–water partition coefficient (Wildman–Crippen LogP) is 6.85. The van der Waals surface area contributed by atoms with E-state index in [2.05, 4.69) is 9.64 Å². The molecule has 0 aliphatic carbocycles. The number of amides is 1. The van der Waals surface area contributed by atoms with Crippen LogP contribution in [0.25, 0.3) is 0 Å². The van der Waals surface area contributed by atoms with Crippen molar-refractivity contribution < 1.29 is 27.4 Å². The van der Waals surface area contributed by atoms with Gasteiger partial charge in [0, 0.05) is 54.9 Å². The Hall–Kier alpha value is -2.78. The van der Waals surface area contributed by atoms with E-state index in [-0.39, 0.29) is 17.8 Å². The summed E-state index contributed by atoms with van der Waals surface area (Å²) >= 11 is 12.1. The van der Waals surface area contributed by atoms with E-state index in [1.54, 1.807) is 4.90 Å². The van der Waals surface area contributed by atoms with Crippen LogP contribution in [-0.4, -0.2) is 61.4 Å². The van der Waals surface area contributed by atoms with Crippen LogP contribution < -0.4 is 4.74 Å². The van der Waals surface area contributed by atoms with Gasteiger partial charge in [0.15, 0.2) is 0 Å². The van der Waals surface area contributed by atoms with Crippen molar-refractivity contribution in [1.82, 2.24) is 9.80 Å². The van der Waals surface area contributed by atoms with Crippen molar-refractivity contribution in [2.24, 2.45) is 0 Å². The van der Waals surface area contributed by atoms with E-state index >= 15 is 0 Å². The molecule has 0 unspecified atom stereocenters. The minimum atomic E-state index is -4.76. The number of carbonyl (C=O) groups is 1. The fourth-order valence-corrected chi connectivity index (χ4v) is 4.56. The Bertz CT molecular complexity index is 1140. The van der Waals surface area contributed by atoms with Gasteiger partial charge >= 0.3 is 6.36 Å². The first-order valence-corrected chi connectivity index (χ1v) is 12.9. The second kappa shape index (κ2) is 12.8. The molecule has 1 fully saturated rings. The minimum absolute atomic E-state index is 0.208. The molecule has 3 aromatic rings. The van der Waals surface area contributed by atoms with Crippen molar-refractivity contribution in [2.45, 2.75) is 18.9 Å². The van der Waals surface area contributed by atoms with E-state index in [1.165, 1.54) is 12.1 Å². The molecule has 0 aromatic heterocycles. The lowest BCUT2D eigenvalue weighted by Crippen LogP contribution is -2.48. The number of ether oxygens (including phenoxy) is 2. The molecule has 0 spiro atoms. The van der Waals surface area contributed by atoms with Crippen LogP contribution in [0.1, 0.15) is 34.0 Å². The molecule has 1 aliphatic heterocycles. The van der Waals surface area contributed by atoms with E-state index in [9.17, 15) is 18.0 Å². The van der Waals surface area contributed by atoms with Crippen LogP contribution >= 0.6 is 23.2 Å². The SMILES string of the molecule is O=C(c1ccc(OC(F)(F)F)cc1)N1CCN(CCCOC(c2ccc(Cl)cc2)c2ccc(Cl)cc2)CC1. The molecule has 3 aromatic carbocycles. The maximum atomic E-state index is 12.8. The fourth-order valence-electron chi connectivity index (χ4n) is 4.31. The van der Waals surface area contributed by atoms with Crippen molar-refractivity contribution in [3.8, 4) is 5.75 Å². The van der Waals surface area contributed by atoms with Crippen molar-refractivity contribution in [3.63, 3.8) is 0 Å². The van der Waals surface area contributed by atoms with Crippen LogP contribution in [-0.2, 0) is 4.74 Å². The van der Waals surface area contributed by atoms with Crippen molar-refractivity contribution in [2.75, 3.05) is 39.3 Å². The van der Waals surface area contributed by atoms with Gasteiger partial charge in [0.2, 0.25) is 0 Å². The summed E-state index contributed by atoms with van der Waals surface area (Å²) in [4.78, 5) is 16.7. The number of carbonyl (C=O) groups excluding carboxylic acids is 1. The van der Waals surface area contributed by atoms with Crippen molar-refractivity contribution in [3.05, 3.63) is 99.5 Å². The van der Waals surface area contributed by atoms with Gasteiger partial charge in [-0.3, -0.25) is 9.69 Å². The van der Waals surface area contributed by atoms with Gasteiger partial charge in [-0.25, -0.2) is 0 Å². The Kier molecular flexibility index (Phi) is 9.54. The predicted molar refractivity (Wildman–Crippen MR) is 141 cm³/mol. The zero-order valence-corrected chi connectivity index (χ0v) is 22.0. The fraction of sp³-hybridized carbons (Fsp3) is 0.321. The zero-order valence-electron chi connectivity index (χ0n) is 20.5.